The number of pyridine rings is 2. The van der Waals surface area contributed by atoms with Crippen LogP contribution < -0.4 is 21.6 Å². The molecule has 1 fully saturated rings. The van der Waals surface area contributed by atoms with E-state index in [9.17, 15) is 9.65 Å². The van der Waals surface area contributed by atoms with Gasteiger partial charge in [-0.25, -0.2) is 4.98 Å². The minimum absolute atomic E-state index is 0.00800. The van der Waals surface area contributed by atoms with Crippen LogP contribution >= 0.6 is 11.6 Å². The monoisotopic (exact) mass is 544 g/mol. The fourth-order valence-corrected chi connectivity index (χ4v) is 4.88. The van der Waals surface area contributed by atoms with Gasteiger partial charge < -0.3 is 16.1 Å². The zero-order chi connectivity index (χ0) is 27.9. The van der Waals surface area contributed by atoms with Crippen molar-refractivity contribution in [1.82, 2.24) is 25.9 Å². The van der Waals surface area contributed by atoms with Crippen LogP contribution in [0.15, 0.2) is 41.9 Å². The van der Waals surface area contributed by atoms with Gasteiger partial charge in [-0.2, -0.15) is 9.65 Å². The van der Waals surface area contributed by atoms with E-state index in [0.717, 1.165) is 23.9 Å². The Morgan fingerprint density at radius 3 is 2.72 bits per heavy atom. The van der Waals surface area contributed by atoms with Crippen LogP contribution in [0, 0.1) is 42.0 Å². The lowest BCUT2D eigenvalue weighted by atomic mass is 9.96. The number of hydrogen-bond donors (Lipinski definition) is 4. The summed E-state index contributed by atoms with van der Waals surface area (Å²) in [6, 6.07) is 8.72. The Hall–Kier alpha value is -4.05. The fraction of sp³-hybridized carbons (Fsp3) is 0.345. The van der Waals surface area contributed by atoms with Crippen molar-refractivity contribution >= 4 is 33.9 Å². The normalized spacial score (nSPS) is 16.1. The zero-order valence-corrected chi connectivity index (χ0v) is 23.0. The highest BCUT2D eigenvalue weighted by molar-refractivity contribution is 6.35. The molecule has 0 bridgehead atoms. The number of allylic oxidation sites excluding steroid dienone is 1. The average Bonchev–Trinajstić information content (AvgIpc) is 3.64. The summed E-state index contributed by atoms with van der Waals surface area (Å²) in [5, 5.41) is 20.1. The summed E-state index contributed by atoms with van der Waals surface area (Å²) < 4.78 is 14.0. The minimum Gasteiger partial charge on any atom is -0.383 e. The lowest BCUT2D eigenvalue weighted by molar-refractivity contribution is 0.248. The summed E-state index contributed by atoms with van der Waals surface area (Å²) in [5.74, 6) is 2.15. The molecular formula is C29H30ClFN8. The lowest BCUT2D eigenvalue weighted by Crippen LogP contribution is -2.39. The summed E-state index contributed by atoms with van der Waals surface area (Å²) in [6.45, 7) is 8.83. The molecule has 0 unspecified atom stereocenters. The van der Waals surface area contributed by atoms with Crippen molar-refractivity contribution in [2.45, 2.75) is 52.6 Å². The Kier molecular flexibility index (Phi) is 6.98. The number of aromatic nitrogens is 2. The molecule has 200 valence electrons. The van der Waals surface area contributed by atoms with E-state index in [1.54, 1.807) is 25.3 Å². The number of terminal acetylenes is 1. The number of benzene rings is 1. The zero-order valence-electron chi connectivity index (χ0n) is 22.3. The second kappa shape index (κ2) is 10.3. The Morgan fingerprint density at radius 1 is 1.31 bits per heavy atom. The Balaban J connectivity index is 1.63. The molecule has 0 spiro atoms. The highest BCUT2D eigenvalue weighted by Gasteiger charge is 2.38. The van der Waals surface area contributed by atoms with Crippen LogP contribution in [0.1, 0.15) is 56.5 Å². The maximum Gasteiger partial charge on any atom is 0.213 e. The van der Waals surface area contributed by atoms with Crippen LogP contribution in [0.2, 0.25) is 5.02 Å². The van der Waals surface area contributed by atoms with Crippen molar-refractivity contribution in [1.29, 1.82) is 5.26 Å². The van der Waals surface area contributed by atoms with Gasteiger partial charge in [0.15, 0.2) is 5.70 Å². The van der Waals surface area contributed by atoms with Crippen LogP contribution in [-0.2, 0) is 0 Å². The maximum absolute atomic E-state index is 14.0. The molecule has 2 aliphatic rings. The quantitative estimate of drug-likeness (QED) is 0.227. The van der Waals surface area contributed by atoms with Gasteiger partial charge in [-0.3, -0.25) is 9.99 Å². The second-order valence-electron chi connectivity index (χ2n) is 11.1. The molecule has 8 nitrogen and oxygen atoms in total. The van der Waals surface area contributed by atoms with Gasteiger partial charge in [0, 0.05) is 41.1 Å². The Morgan fingerprint density at radius 2 is 2.08 bits per heavy atom. The molecule has 0 saturated heterocycles. The van der Waals surface area contributed by atoms with E-state index in [2.05, 4.69) is 64.3 Å². The molecule has 4 N–H and O–H groups in total. The number of hydrogen-bond acceptors (Lipinski definition) is 8. The fourth-order valence-electron chi connectivity index (χ4n) is 4.61. The van der Waals surface area contributed by atoms with Crippen molar-refractivity contribution in [3.8, 4) is 18.4 Å². The van der Waals surface area contributed by atoms with Crippen LogP contribution in [0.3, 0.4) is 0 Å². The van der Waals surface area contributed by atoms with Crippen molar-refractivity contribution in [2.24, 2.45) is 5.41 Å². The third-order valence-electron chi connectivity index (χ3n) is 6.70. The molecule has 1 aliphatic heterocycles. The number of nitrogens with zero attached hydrogens (tertiary/aromatic N) is 4. The molecule has 3 aromatic rings. The molecule has 0 radical (unpaired) electrons. The Labute approximate surface area is 232 Å². The molecule has 3 heterocycles. The molecular weight excluding hydrogens is 515 g/mol. The van der Waals surface area contributed by atoms with Gasteiger partial charge in [0.05, 0.1) is 33.5 Å². The van der Waals surface area contributed by atoms with E-state index >= 15 is 0 Å². The van der Waals surface area contributed by atoms with Crippen LogP contribution in [0.5, 0.6) is 0 Å². The van der Waals surface area contributed by atoms with E-state index in [0.29, 0.717) is 51.0 Å². The first kappa shape index (κ1) is 26.6. The number of halogens is 2. The second-order valence-corrected chi connectivity index (χ2v) is 11.5. The lowest BCUT2D eigenvalue weighted by Gasteiger charge is -2.24. The first-order valence-electron chi connectivity index (χ1n) is 12.8. The topological polar surface area (TPSA) is 101 Å². The summed E-state index contributed by atoms with van der Waals surface area (Å²) in [5.41, 5.74) is 11.3. The standard InChI is InChI=1S/C29H30ClFN8/c1-6-17-14-33-26-21(25(17)34-15-29(3,4)5)11-18(12-22(26)30)36-27(20-9-10-24(31)35-16(20)2)28-23(13-32)39(38-37-28)19-7-8-19/h1,9-12,14,19,27,36-38H,7-8,15H2,2-5H3,(H,33,34)/t27-/m0/s1. The third kappa shape index (κ3) is 5.42. The molecule has 5 rings (SSSR count). The van der Waals surface area contributed by atoms with Crippen LogP contribution in [0.4, 0.5) is 15.8 Å². The number of nitriles is 1. The highest BCUT2D eigenvalue weighted by atomic mass is 35.5. The number of aryl methyl sites for hydroxylation is 1. The van der Waals surface area contributed by atoms with E-state index in [-0.39, 0.29) is 11.5 Å². The van der Waals surface area contributed by atoms with Gasteiger partial charge >= 0.3 is 0 Å². The molecule has 2 aromatic heterocycles. The van der Waals surface area contributed by atoms with Gasteiger partial charge in [0.1, 0.15) is 6.07 Å². The number of anilines is 2. The van der Waals surface area contributed by atoms with Gasteiger partial charge in [-0.1, -0.05) is 44.4 Å². The smallest absolute Gasteiger partial charge is 0.213 e. The number of fused-ring (bicyclic) bond motifs is 1. The van der Waals surface area contributed by atoms with Gasteiger partial charge in [-0.05, 0) is 43.4 Å². The summed E-state index contributed by atoms with van der Waals surface area (Å²) >= 11 is 6.75. The van der Waals surface area contributed by atoms with Crippen molar-refractivity contribution in [3.63, 3.8) is 0 Å². The summed E-state index contributed by atoms with van der Waals surface area (Å²) in [7, 11) is 0. The van der Waals surface area contributed by atoms with Gasteiger partial charge in [-0.15, -0.1) is 12.0 Å². The van der Waals surface area contributed by atoms with E-state index in [1.165, 1.54) is 6.07 Å². The van der Waals surface area contributed by atoms with Crippen LogP contribution in [-0.4, -0.2) is 27.6 Å². The number of hydrazine groups is 2. The molecule has 1 aliphatic carbocycles. The predicted molar refractivity (Wildman–Crippen MR) is 152 cm³/mol. The SMILES string of the molecule is C#Cc1cnc2c(Cl)cc(N[C@H](C3=C(C#N)N(C4CC4)NN3)c3ccc(F)nc3C)cc2c1NCC(C)(C)C. The first-order chi connectivity index (χ1) is 18.6. The Bertz CT molecular complexity index is 1560. The summed E-state index contributed by atoms with van der Waals surface area (Å²) in [6.07, 6.45) is 9.47. The van der Waals surface area contributed by atoms with Crippen molar-refractivity contribution in [2.75, 3.05) is 17.2 Å². The molecule has 10 heteroatoms. The minimum atomic E-state index is -0.571. The highest BCUT2D eigenvalue weighted by Crippen LogP contribution is 2.39. The molecule has 39 heavy (non-hydrogen) atoms. The first-order valence-corrected chi connectivity index (χ1v) is 13.1. The largest absolute Gasteiger partial charge is 0.383 e. The van der Waals surface area contributed by atoms with Crippen molar-refractivity contribution < 1.29 is 4.39 Å². The van der Waals surface area contributed by atoms with Gasteiger partial charge in [0.25, 0.3) is 0 Å². The molecule has 0 amide bonds. The number of rotatable bonds is 7. The average molecular weight is 545 g/mol. The van der Waals surface area contributed by atoms with Crippen LogP contribution in [0.25, 0.3) is 10.9 Å². The molecule has 1 saturated carbocycles. The van der Waals surface area contributed by atoms with Crippen molar-refractivity contribution in [3.05, 3.63) is 69.6 Å². The summed E-state index contributed by atoms with van der Waals surface area (Å²) in [4.78, 5) is 8.56. The number of nitrogens with one attached hydrogen (secondary N) is 4. The van der Waals surface area contributed by atoms with Gasteiger partial charge in [0.2, 0.25) is 5.95 Å². The maximum atomic E-state index is 14.0. The molecule has 1 atom stereocenters. The van der Waals surface area contributed by atoms with E-state index in [1.807, 2.05) is 11.1 Å². The van der Waals surface area contributed by atoms with E-state index in [4.69, 9.17) is 18.0 Å². The third-order valence-corrected chi connectivity index (χ3v) is 6.99. The molecule has 1 aromatic carbocycles. The predicted octanol–water partition coefficient (Wildman–Crippen LogP) is 5.55. The van der Waals surface area contributed by atoms with E-state index < -0.39 is 12.0 Å².